The van der Waals surface area contributed by atoms with Crippen LogP contribution in [0.3, 0.4) is 0 Å². The SMILES string of the molecule is CC(=O)N1CCN(c2ccc(-n3c(=O)ccc4cnc5ccc(C6(C)C=NN(C)C6)cc5c43)cc2C(F)(F)F)CC1. The fourth-order valence-corrected chi connectivity index (χ4v) is 5.90. The summed E-state index contributed by atoms with van der Waals surface area (Å²) in [4.78, 5) is 32.9. The van der Waals surface area contributed by atoms with Crippen molar-refractivity contribution < 1.29 is 18.0 Å². The number of alkyl halides is 3. The predicted molar refractivity (Wildman–Crippen MR) is 153 cm³/mol. The van der Waals surface area contributed by atoms with Gasteiger partial charge in [0.1, 0.15) is 0 Å². The highest BCUT2D eigenvalue weighted by Crippen LogP contribution is 2.39. The number of hydrogen-bond acceptors (Lipinski definition) is 6. The van der Waals surface area contributed by atoms with Gasteiger partial charge in [-0.05, 0) is 48.9 Å². The number of amides is 1. The zero-order chi connectivity index (χ0) is 29.1. The second-order valence-electron chi connectivity index (χ2n) is 11.0. The van der Waals surface area contributed by atoms with Crippen LogP contribution in [0.5, 0.6) is 0 Å². The number of hydrogen-bond donors (Lipinski definition) is 0. The Hall–Kier alpha value is -4.41. The Balaban J connectivity index is 1.52. The maximum Gasteiger partial charge on any atom is 0.418 e. The molecule has 212 valence electrons. The summed E-state index contributed by atoms with van der Waals surface area (Å²) in [6.45, 7) is 5.45. The third-order valence-electron chi connectivity index (χ3n) is 8.08. The first kappa shape index (κ1) is 26.8. The highest BCUT2D eigenvalue weighted by atomic mass is 19.4. The molecule has 0 N–H and O–H groups in total. The number of carbonyl (C=O) groups is 1. The molecule has 4 heterocycles. The van der Waals surface area contributed by atoms with Crippen molar-refractivity contribution in [1.82, 2.24) is 19.5 Å². The van der Waals surface area contributed by atoms with Gasteiger partial charge in [-0.25, -0.2) is 0 Å². The molecule has 1 fully saturated rings. The van der Waals surface area contributed by atoms with Gasteiger partial charge >= 0.3 is 6.18 Å². The van der Waals surface area contributed by atoms with Crippen molar-refractivity contribution >= 4 is 39.6 Å². The Labute approximate surface area is 234 Å². The molecular formula is C30H29F3N6O2. The van der Waals surface area contributed by atoms with Crippen LogP contribution < -0.4 is 10.5 Å². The first-order valence-electron chi connectivity index (χ1n) is 13.4. The smallest absolute Gasteiger partial charge is 0.367 e. The molecule has 0 aliphatic carbocycles. The molecule has 11 heteroatoms. The maximum atomic E-state index is 14.5. The highest BCUT2D eigenvalue weighted by Gasteiger charge is 2.36. The summed E-state index contributed by atoms with van der Waals surface area (Å²) in [7, 11) is 1.89. The normalized spacial score (nSPS) is 19.5. The van der Waals surface area contributed by atoms with Crippen molar-refractivity contribution in [3.05, 3.63) is 76.2 Å². The van der Waals surface area contributed by atoms with Crippen LogP contribution in [0.15, 0.2) is 64.6 Å². The summed E-state index contributed by atoms with van der Waals surface area (Å²) in [5.41, 5.74) is 0.589. The zero-order valence-electron chi connectivity index (χ0n) is 22.9. The number of fused-ring (bicyclic) bond motifs is 3. The molecule has 6 rings (SSSR count). The standard InChI is InChI=1S/C30H29F3N6O2/c1-19(40)37-10-12-38(13-11-37)26-8-6-22(15-24(26)30(31,32)33)39-27(41)9-4-20-16-34-25-7-5-21(14-23(25)28(20)39)29(2)17-35-36(3)18-29/h4-9,14-17H,10-13,18H2,1-3H3. The minimum atomic E-state index is -4.66. The monoisotopic (exact) mass is 562 g/mol. The lowest BCUT2D eigenvalue weighted by molar-refractivity contribution is -0.137. The van der Waals surface area contributed by atoms with Crippen LogP contribution in [-0.2, 0) is 16.4 Å². The van der Waals surface area contributed by atoms with E-state index in [1.807, 2.05) is 36.5 Å². The molecule has 41 heavy (non-hydrogen) atoms. The lowest BCUT2D eigenvalue weighted by Gasteiger charge is -2.36. The van der Waals surface area contributed by atoms with E-state index in [-0.39, 0.29) is 35.8 Å². The average molecular weight is 563 g/mol. The zero-order valence-corrected chi connectivity index (χ0v) is 22.9. The van der Waals surface area contributed by atoms with E-state index in [0.717, 1.165) is 11.6 Å². The van der Waals surface area contributed by atoms with Gasteiger partial charge in [-0.15, -0.1) is 0 Å². The molecule has 2 aliphatic rings. The Morgan fingerprint density at radius 2 is 1.76 bits per heavy atom. The fourth-order valence-electron chi connectivity index (χ4n) is 5.90. The number of pyridine rings is 2. The summed E-state index contributed by atoms with van der Waals surface area (Å²) in [6, 6.07) is 12.8. The Bertz CT molecular complexity index is 1770. The second-order valence-corrected chi connectivity index (χ2v) is 11.0. The predicted octanol–water partition coefficient (Wildman–Crippen LogP) is 4.42. The van der Waals surface area contributed by atoms with Crippen molar-refractivity contribution in [2.24, 2.45) is 5.10 Å². The third kappa shape index (κ3) is 4.68. The van der Waals surface area contributed by atoms with Gasteiger partial charge < -0.3 is 9.80 Å². The van der Waals surface area contributed by atoms with E-state index in [1.165, 1.54) is 23.6 Å². The Kier molecular flexibility index (Phi) is 6.28. The lowest BCUT2D eigenvalue weighted by atomic mass is 9.83. The van der Waals surface area contributed by atoms with Crippen LogP contribution in [0.4, 0.5) is 18.9 Å². The molecular weight excluding hydrogens is 533 g/mol. The van der Waals surface area contributed by atoms with Gasteiger partial charge in [0.05, 0.1) is 28.8 Å². The van der Waals surface area contributed by atoms with Crippen molar-refractivity contribution in [1.29, 1.82) is 0 Å². The van der Waals surface area contributed by atoms with Gasteiger partial charge in [-0.3, -0.25) is 24.1 Å². The number of nitrogens with zero attached hydrogens (tertiary/aromatic N) is 6. The topological polar surface area (TPSA) is 74.0 Å². The molecule has 2 aromatic carbocycles. The van der Waals surface area contributed by atoms with E-state index in [0.29, 0.717) is 41.4 Å². The van der Waals surface area contributed by atoms with Crippen molar-refractivity contribution in [2.75, 3.05) is 44.7 Å². The van der Waals surface area contributed by atoms with E-state index in [2.05, 4.69) is 17.0 Å². The summed E-state index contributed by atoms with van der Waals surface area (Å²) >= 11 is 0. The number of rotatable bonds is 3. The van der Waals surface area contributed by atoms with Gasteiger partial charge in [0.2, 0.25) is 5.91 Å². The molecule has 8 nitrogen and oxygen atoms in total. The Morgan fingerprint density at radius 1 is 1.00 bits per heavy atom. The molecule has 1 saturated heterocycles. The molecule has 1 amide bonds. The van der Waals surface area contributed by atoms with Crippen LogP contribution in [0.2, 0.25) is 0 Å². The number of carbonyl (C=O) groups excluding carboxylic acids is 1. The molecule has 0 saturated carbocycles. The van der Waals surface area contributed by atoms with Crippen molar-refractivity contribution in [2.45, 2.75) is 25.4 Å². The van der Waals surface area contributed by atoms with E-state index >= 15 is 0 Å². The second kappa shape index (κ2) is 9.60. The third-order valence-corrected chi connectivity index (χ3v) is 8.08. The number of anilines is 1. The van der Waals surface area contributed by atoms with Crippen LogP contribution in [-0.4, -0.2) is 71.4 Å². The lowest BCUT2D eigenvalue weighted by Crippen LogP contribution is -2.48. The van der Waals surface area contributed by atoms with Gasteiger partial charge in [0.15, 0.2) is 0 Å². The van der Waals surface area contributed by atoms with Crippen LogP contribution in [0.25, 0.3) is 27.5 Å². The number of benzene rings is 2. The van der Waals surface area contributed by atoms with Crippen LogP contribution >= 0.6 is 0 Å². The van der Waals surface area contributed by atoms with E-state index in [9.17, 15) is 22.8 Å². The fraction of sp³-hybridized carbons (Fsp3) is 0.333. The van der Waals surface area contributed by atoms with Gasteiger partial charge in [0.25, 0.3) is 5.56 Å². The Morgan fingerprint density at radius 3 is 2.41 bits per heavy atom. The molecule has 2 aromatic heterocycles. The first-order valence-corrected chi connectivity index (χ1v) is 13.4. The maximum absolute atomic E-state index is 14.5. The number of likely N-dealkylation sites (N-methyl/N-ethyl adjacent to an activating group) is 1. The molecule has 0 radical (unpaired) electrons. The van der Waals surface area contributed by atoms with Gasteiger partial charge in [0, 0.05) is 80.5 Å². The number of aromatic nitrogens is 2. The summed E-state index contributed by atoms with van der Waals surface area (Å²) < 4.78 is 44.7. The minimum Gasteiger partial charge on any atom is -0.367 e. The highest BCUT2D eigenvalue weighted by molar-refractivity contribution is 6.04. The van der Waals surface area contributed by atoms with Crippen molar-refractivity contribution in [3.63, 3.8) is 0 Å². The number of piperazine rings is 1. The first-order chi connectivity index (χ1) is 19.4. The van der Waals surface area contributed by atoms with E-state index in [1.54, 1.807) is 28.1 Å². The van der Waals surface area contributed by atoms with Gasteiger partial charge in [-0.2, -0.15) is 18.3 Å². The minimum absolute atomic E-state index is 0.0316. The molecule has 4 aromatic rings. The summed E-state index contributed by atoms with van der Waals surface area (Å²) in [5.74, 6) is -0.0996. The van der Waals surface area contributed by atoms with Crippen LogP contribution in [0, 0.1) is 0 Å². The van der Waals surface area contributed by atoms with Gasteiger partial charge in [-0.1, -0.05) is 6.07 Å². The van der Waals surface area contributed by atoms with Crippen molar-refractivity contribution in [3.8, 4) is 5.69 Å². The molecule has 1 unspecified atom stereocenters. The van der Waals surface area contributed by atoms with Crippen LogP contribution in [0.1, 0.15) is 25.0 Å². The van der Waals surface area contributed by atoms with E-state index < -0.39 is 17.3 Å². The number of halogens is 3. The summed E-state index contributed by atoms with van der Waals surface area (Å²) in [6.07, 6.45) is -1.14. The quantitative estimate of drug-likeness (QED) is 0.346. The molecule has 0 spiro atoms. The molecule has 0 bridgehead atoms. The largest absolute Gasteiger partial charge is 0.418 e. The summed E-state index contributed by atoms with van der Waals surface area (Å²) in [5, 5.41) is 7.54. The van der Waals surface area contributed by atoms with E-state index in [4.69, 9.17) is 0 Å². The average Bonchev–Trinajstić information content (AvgIpc) is 3.31. The molecule has 2 aliphatic heterocycles. The molecule has 1 atom stereocenters. The number of hydrazone groups is 1.